The Morgan fingerprint density at radius 3 is 2.65 bits per heavy atom. The van der Waals surface area contributed by atoms with Gasteiger partial charge in [-0.3, -0.25) is 0 Å². The predicted molar refractivity (Wildman–Crippen MR) is 84.8 cm³/mol. The number of hydrogen-bond donors (Lipinski definition) is 1. The summed E-state index contributed by atoms with van der Waals surface area (Å²) in [6.07, 6.45) is 0. The summed E-state index contributed by atoms with van der Waals surface area (Å²) in [7, 11) is 0. The summed E-state index contributed by atoms with van der Waals surface area (Å²) in [4.78, 5) is 20.3. The van der Waals surface area contributed by atoms with E-state index in [1.807, 2.05) is 31.2 Å². The highest BCUT2D eigenvalue weighted by Crippen LogP contribution is 2.26. The molecule has 1 N–H and O–H groups in total. The van der Waals surface area contributed by atoms with Crippen LogP contribution in [0.25, 0.3) is 11.1 Å². The Balaban J connectivity index is 2.07. The Morgan fingerprint density at radius 2 is 1.96 bits per heavy atom. The summed E-state index contributed by atoms with van der Waals surface area (Å²) in [5.41, 5.74) is 2.88. The van der Waals surface area contributed by atoms with Crippen molar-refractivity contribution in [1.82, 2.24) is 15.1 Å². The average molecular weight is 312 g/mol. The molecule has 7 heteroatoms. The Hall–Kier alpha value is -2.96. The second-order valence-corrected chi connectivity index (χ2v) is 5.06. The number of ether oxygens (including phenoxy) is 1. The van der Waals surface area contributed by atoms with Crippen LogP contribution in [0.2, 0.25) is 0 Å². The van der Waals surface area contributed by atoms with E-state index in [4.69, 9.17) is 9.26 Å². The summed E-state index contributed by atoms with van der Waals surface area (Å²) in [5, 5.41) is 7.71. The maximum Gasteiger partial charge on any atom is 0.376 e. The lowest BCUT2D eigenvalue weighted by atomic mass is 10.2. The van der Waals surface area contributed by atoms with E-state index in [9.17, 15) is 4.79 Å². The van der Waals surface area contributed by atoms with Gasteiger partial charge in [-0.25, -0.2) is 9.78 Å². The first-order chi connectivity index (χ1) is 11.1. The van der Waals surface area contributed by atoms with Gasteiger partial charge in [-0.1, -0.05) is 22.9 Å². The van der Waals surface area contributed by atoms with Gasteiger partial charge in [0.25, 0.3) is 5.71 Å². The fraction of sp³-hybridized carbons (Fsp3) is 0.250. The normalized spacial score (nSPS) is 10.7. The molecule has 0 aliphatic rings. The Kier molecular flexibility index (Phi) is 3.92. The van der Waals surface area contributed by atoms with Crippen LogP contribution in [0.5, 0.6) is 0 Å². The molecule has 0 spiro atoms. The van der Waals surface area contributed by atoms with E-state index in [-0.39, 0.29) is 18.1 Å². The number of anilines is 2. The van der Waals surface area contributed by atoms with Gasteiger partial charge >= 0.3 is 5.97 Å². The van der Waals surface area contributed by atoms with Crippen LogP contribution in [-0.2, 0) is 4.74 Å². The third-order valence-corrected chi connectivity index (χ3v) is 3.28. The topological polar surface area (TPSA) is 90.1 Å². The third-order valence-electron chi connectivity index (χ3n) is 3.28. The molecule has 7 nitrogen and oxygen atoms in total. The van der Waals surface area contributed by atoms with Crippen molar-refractivity contribution in [1.29, 1.82) is 0 Å². The minimum Gasteiger partial charge on any atom is -0.460 e. The van der Waals surface area contributed by atoms with Gasteiger partial charge < -0.3 is 14.6 Å². The van der Waals surface area contributed by atoms with Gasteiger partial charge in [-0.2, -0.15) is 4.98 Å². The van der Waals surface area contributed by atoms with E-state index in [0.717, 1.165) is 11.3 Å². The molecule has 0 radical (unpaired) electrons. The molecule has 0 saturated heterocycles. The highest BCUT2D eigenvalue weighted by Gasteiger charge is 2.19. The average Bonchev–Trinajstić information content (AvgIpc) is 2.91. The van der Waals surface area contributed by atoms with Gasteiger partial charge in [0.1, 0.15) is 11.2 Å². The molecule has 0 unspecified atom stereocenters. The lowest BCUT2D eigenvalue weighted by Crippen LogP contribution is -2.11. The summed E-state index contributed by atoms with van der Waals surface area (Å²) in [6.45, 7) is 5.77. The van der Waals surface area contributed by atoms with Crippen LogP contribution in [0.1, 0.15) is 28.8 Å². The lowest BCUT2D eigenvalue weighted by Gasteiger charge is -2.08. The van der Waals surface area contributed by atoms with Crippen molar-refractivity contribution in [2.75, 3.05) is 11.9 Å². The first-order valence-electron chi connectivity index (χ1n) is 7.23. The minimum atomic E-state index is -0.601. The number of nitrogens with zero attached hydrogens (tertiary/aromatic N) is 3. The summed E-state index contributed by atoms with van der Waals surface area (Å²) < 4.78 is 10.1. The highest BCUT2D eigenvalue weighted by molar-refractivity contribution is 5.94. The van der Waals surface area contributed by atoms with Crippen LogP contribution in [0.3, 0.4) is 0 Å². The van der Waals surface area contributed by atoms with Crippen molar-refractivity contribution in [3.63, 3.8) is 0 Å². The fourth-order valence-corrected chi connectivity index (χ4v) is 2.14. The van der Waals surface area contributed by atoms with Crippen LogP contribution in [0.4, 0.5) is 11.5 Å². The van der Waals surface area contributed by atoms with Crippen LogP contribution in [0, 0.1) is 13.8 Å². The molecule has 1 aromatic carbocycles. The molecule has 0 aliphatic carbocycles. The molecular formula is C16H16N4O3. The van der Waals surface area contributed by atoms with Crippen molar-refractivity contribution in [2.24, 2.45) is 0 Å². The Bertz CT molecular complexity index is 856. The number of carbonyl (C=O) groups is 1. The number of hydrogen-bond acceptors (Lipinski definition) is 7. The van der Waals surface area contributed by atoms with Gasteiger partial charge in [-0.05, 0) is 32.9 Å². The molecule has 2 heterocycles. The number of esters is 1. The molecular weight excluding hydrogens is 296 g/mol. The Labute approximate surface area is 132 Å². The molecule has 23 heavy (non-hydrogen) atoms. The van der Waals surface area contributed by atoms with E-state index >= 15 is 0 Å². The monoisotopic (exact) mass is 312 g/mol. The summed E-state index contributed by atoms with van der Waals surface area (Å²) in [6, 6.07) is 7.81. The molecule has 3 rings (SSSR count). The zero-order valence-electron chi connectivity index (χ0n) is 13.1. The number of carbonyl (C=O) groups excluding carboxylic acids is 1. The standard InChI is InChI=1S/C16H16N4O3/c1-4-22-16(21)14-18-13(12-10(3)20-23-15(12)19-14)17-11-7-5-9(2)6-8-11/h5-8H,4H2,1-3H3,(H,17,18,19). The largest absolute Gasteiger partial charge is 0.460 e. The summed E-state index contributed by atoms with van der Waals surface area (Å²) in [5.74, 6) is -0.207. The number of fused-ring (bicyclic) bond motifs is 1. The Morgan fingerprint density at radius 1 is 1.22 bits per heavy atom. The molecule has 0 atom stereocenters. The summed E-state index contributed by atoms with van der Waals surface area (Å²) >= 11 is 0. The van der Waals surface area contributed by atoms with Crippen molar-refractivity contribution in [3.05, 3.63) is 41.3 Å². The van der Waals surface area contributed by atoms with Gasteiger partial charge in [0.15, 0.2) is 0 Å². The zero-order valence-corrected chi connectivity index (χ0v) is 13.1. The smallest absolute Gasteiger partial charge is 0.376 e. The van der Waals surface area contributed by atoms with E-state index < -0.39 is 5.97 Å². The van der Waals surface area contributed by atoms with E-state index in [0.29, 0.717) is 16.9 Å². The van der Waals surface area contributed by atoms with Gasteiger partial charge in [-0.15, -0.1) is 0 Å². The first kappa shape index (κ1) is 15.0. The van der Waals surface area contributed by atoms with Crippen molar-refractivity contribution in [3.8, 4) is 0 Å². The van der Waals surface area contributed by atoms with Crippen LogP contribution in [-0.4, -0.2) is 27.7 Å². The minimum absolute atomic E-state index is 0.0647. The number of benzene rings is 1. The van der Waals surface area contributed by atoms with Crippen LogP contribution >= 0.6 is 0 Å². The maximum atomic E-state index is 11.9. The van der Waals surface area contributed by atoms with Gasteiger partial charge in [0.05, 0.1) is 12.3 Å². The quantitative estimate of drug-likeness (QED) is 0.740. The third kappa shape index (κ3) is 2.98. The van der Waals surface area contributed by atoms with Crippen LogP contribution in [0.15, 0.2) is 28.8 Å². The molecule has 0 fully saturated rings. The molecule has 118 valence electrons. The SMILES string of the molecule is CCOC(=O)c1nc(Nc2ccc(C)cc2)c2c(C)noc2n1. The molecule has 0 bridgehead atoms. The highest BCUT2D eigenvalue weighted by atomic mass is 16.5. The lowest BCUT2D eigenvalue weighted by molar-refractivity contribution is 0.0512. The maximum absolute atomic E-state index is 11.9. The predicted octanol–water partition coefficient (Wildman–Crippen LogP) is 3.15. The van der Waals surface area contributed by atoms with Crippen molar-refractivity contribution >= 4 is 28.6 Å². The van der Waals surface area contributed by atoms with E-state index in [1.165, 1.54) is 0 Å². The fourth-order valence-electron chi connectivity index (χ4n) is 2.14. The second-order valence-electron chi connectivity index (χ2n) is 5.06. The van der Waals surface area contributed by atoms with Gasteiger partial charge in [0.2, 0.25) is 5.82 Å². The van der Waals surface area contributed by atoms with E-state index in [2.05, 4.69) is 20.4 Å². The molecule has 0 amide bonds. The van der Waals surface area contributed by atoms with Gasteiger partial charge in [0, 0.05) is 5.69 Å². The molecule has 0 saturated carbocycles. The van der Waals surface area contributed by atoms with Crippen LogP contribution < -0.4 is 5.32 Å². The zero-order chi connectivity index (χ0) is 16.4. The van der Waals surface area contributed by atoms with Crippen molar-refractivity contribution < 1.29 is 14.1 Å². The first-order valence-corrected chi connectivity index (χ1v) is 7.23. The number of rotatable bonds is 4. The second kappa shape index (κ2) is 6.04. The molecule has 2 aromatic heterocycles. The molecule has 0 aliphatic heterocycles. The molecule has 3 aromatic rings. The van der Waals surface area contributed by atoms with E-state index in [1.54, 1.807) is 13.8 Å². The number of aromatic nitrogens is 3. The number of aryl methyl sites for hydroxylation is 2. The van der Waals surface area contributed by atoms with Crippen molar-refractivity contribution in [2.45, 2.75) is 20.8 Å². The number of nitrogens with one attached hydrogen (secondary N) is 1.